The van der Waals surface area contributed by atoms with E-state index in [1.54, 1.807) is 0 Å². The van der Waals surface area contributed by atoms with E-state index in [1.807, 2.05) is 12.1 Å². The van der Waals surface area contributed by atoms with E-state index in [-0.39, 0.29) is 5.54 Å². The molecule has 23 heavy (non-hydrogen) atoms. The SMILES string of the molecule is CC(C)c1cccc(NC(N)=NCC2(N(C)C)CCOCC2)c1. The Balaban J connectivity index is 2.03. The van der Waals surface area contributed by atoms with E-state index >= 15 is 0 Å². The number of guanidine groups is 1. The molecule has 5 heteroatoms. The zero-order chi connectivity index (χ0) is 16.9. The third kappa shape index (κ3) is 4.69. The van der Waals surface area contributed by atoms with Crippen molar-refractivity contribution in [2.45, 2.75) is 38.1 Å². The third-order valence-corrected chi connectivity index (χ3v) is 4.74. The van der Waals surface area contributed by atoms with E-state index < -0.39 is 0 Å². The zero-order valence-electron chi connectivity index (χ0n) is 14.8. The summed E-state index contributed by atoms with van der Waals surface area (Å²) >= 11 is 0. The van der Waals surface area contributed by atoms with Gasteiger partial charge in [-0.25, -0.2) is 0 Å². The van der Waals surface area contributed by atoms with Crippen LogP contribution >= 0.6 is 0 Å². The van der Waals surface area contributed by atoms with Gasteiger partial charge in [0.25, 0.3) is 0 Å². The molecular weight excluding hydrogens is 288 g/mol. The van der Waals surface area contributed by atoms with Crippen molar-refractivity contribution >= 4 is 11.6 Å². The molecular formula is C18H30N4O. The highest BCUT2D eigenvalue weighted by Crippen LogP contribution is 2.26. The Kier molecular flexibility index (Phi) is 6.02. The normalized spacial score (nSPS) is 18.4. The molecule has 1 aliphatic rings. The van der Waals surface area contributed by atoms with Gasteiger partial charge in [0.15, 0.2) is 5.96 Å². The topological polar surface area (TPSA) is 62.9 Å². The average molecular weight is 318 g/mol. The predicted octanol–water partition coefficient (Wildman–Crippen LogP) is 2.65. The highest BCUT2D eigenvalue weighted by molar-refractivity contribution is 5.92. The molecule has 0 bridgehead atoms. The predicted molar refractivity (Wildman–Crippen MR) is 97.1 cm³/mol. The van der Waals surface area contributed by atoms with Gasteiger partial charge < -0.3 is 20.7 Å². The summed E-state index contributed by atoms with van der Waals surface area (Å²) in [6, 6.07) is 8.32. The Morgan fingerprint density at radius 1 is 1.35 bits per heavy atom. The molecule has 1 aliphatic heterocycles. The Morgan fingerprint density at radius 3 is 2.65 bits per heavy atom. The Hall–Kier alpha value is -1.59. The van der Waals surface area contributed by atoms with Gasteiger partial charge >= 0.3 is 0 Å². The Labute approximate surface area is 139 Å². The van der Waals surface area contributed by atoms with Gasteiger partial charge in [0.05, 0.1) is 6.54 Å². The minimum absolute atomic E-state index is 0.0460. The maximum atomic E-state index is 6.10. The fourth-order valence-corrected chi connectivity index (χ4v) is 2.89. The van der Waals surface area contributed by atoms with Crippen molar-refractivity contribution in [1.82, 2.24) is 4.90 Å². The molecule has 0 atom stereocenters. The average Bonchev–Trinajstić information content (AvgIpc) is 2.54. The van der Waals surface area contributed by atoms with Crippen LogP contribution in [0.3, 0.4) is 0 Å². The molecule has 0 aromatic heterocycles. The number of benzene rings is 1. The molecule has 1 aromatic carbocycles. The standard InChI is InChI=1S/C18H30N4O/c1-14(2)15-6-5-7-16(12-15)21-17(19)20-13-18(22(3)4)8-10-23-11-9-18/h5-7,12,14H,8-11,13H2,1-4H3,(H3,19,20,21). The number of nitrogens with one attached hydrogen (secondary N) is 1. The maximum Gasteiger partial charge on any atom is 0.193 e. The lowest BCUT2D eigenvalue weighted by Crippen LogP contribution is -2.51. The number of nitrogens with two attached hydrogens (primary N) is 1. The van der Waals surface area contributed by atoms with Crippen LogP contribution in [0, 0.1) is 0 Å². The van der Waals surface area contributed by atoms with E-state index in [0.717, 1.165) is 31.7 Å². The molecule has 3 N–H and O–H groups in total. The quantitative estimate of drug-likeness (QED) is 0.647. The van der Waals surface area contributed by atoms with Crippen LogP contribution < -0.4 is 11.1 Å². The van der Waals surface area contributed by atoms with Gasteiger partial charge in [-0.15, -0.1) is 0 Å². The molecule has 0 unspecified atom stereocenters. The van der Waals surface area contributed by atoms with Crippen LogP contribution in [-0.2, 0) is 4.74 Å². The van der Waals surface area contributed by atoms with Gasteiger partial charge in [-0.05, 0) is 50.6 Å². The highest BCUT2D eigenvalue weighted by atomic mass is 16.5. The molecule has 1 heterocycles. The highest BCUT2D eigenvalue weighted by Gasteiger charge is 2.34. The van der Waals surface area contributed by atoms with Crippen LogP contribution in [0.1, 0.15) is 38.2 Å². The van der Waals surface area contributed by atoms with E-state index in [9.17, 15) is 0 Å². The van der Waals surface area contributed by atoms with Crippen LogP contribution in [-0.4, -0.2) is 50.3 Å². The van der Waals surface area contributed by atoms with Gasteiger partial charge in [-0.2, -0.15) is 0 Å². The maximum absolute atomic E-state index is 6.10. The summed E-state index contributed by atoms with van der Waals surface area (Å²) in [5, 5.41) is 3.21. The molecule has 0 amide bonds. The van der Waals surface area contributed by atoms with Crippen LogP contribution in [0.4, 0.5) is 5.69 Å². The molecule has 0 radical (unpaired) electrons. The molecule has 128 valence electrons. The first-order valence-electron chi connectivity index (χ1n) is 8.35. The molecule has 0 aliphatic carbocycles. The van der Waals surface area contributed by atoms with Crippen molar-refractivity contribution in [2.24, 2.45) is 10.7 Å². The molecule has 0 saturated carbocycles. The van der Waals surface area contributed by atoms with Crippen molar-refractivity contribution in [3.8, 4) is 0 Å². The van der Waals surface area contributed by atoms with Crippen molar-refractivity contribution < 1.29 is 4.74 Å². The number of likely N-dealkylation sites (N-methyl/N-ethyl adjacent to an activating group) is 1. The van der Waals surface area contributed by atoms with Gasteiger partial charge in [0.2, 0.25) is 0 Å². The summed E-state index contributed by atoms with van der Waals surface area (Å²) < 4.78 is 5.49. The number of nitrogens with zero attached hydrogens (tertiary/aromatic N) is 2. The number of hydrogen-bond donors (Lipinski definition) is 2. The van der Waals surface area contributed by atoms with Crippen LogP contribution in [0.25, 0.3) is 0 Å². The number of aliphatic imine (C=N–C) groups is 1. The molecule has 5 nitrogen and oxygen atoms in total. The third-order valence-electron chi connectivity index (χ3n) is 4.74. The summed E-state index contributed by atoms with van der Waals surface area (Å²) in [5.41, 5.74) is 8.42. The van der Waals surface area contributed by atoms with Crippen molar-refractivity contribution in [3.63, 3.8) is 0 Å². The second-order valence-electron chi connectivity index (χ2n) is 6.84. The van der Waals surface area contributed by atoms with E-state index in [1.165, 1.54) is 5.56 Å². The lowest BCUT2D eigenvalue weighted by atomic mass is 9.89. The molecule has 1 aromatic rings. The molecule has 1 saturated heterocycles. The number of ether oxygens (including phenoxy) is 1. The summed E-state index contributed by atoms with van der Waals surface area (Å²) in [4.78, 5) is 6.85. The smallest absolute Gasteiger partial charge is 0.193 e. The van der Waals surface area contributed by atoms with Crippen molar-refractivity contribution in [3.05, 3.63) is 29.8 Å². The van der Waals surface area contributed by atoms with E-state index in [2.05, 4.69) is 55.3 Å². The lowest BCUT2D eigenvalue weighted by molar-refractivity contribution is -0.00249. The first-order chi connectivity index (χ1) is 10.9. The van der Waals surface area contributed by atoms with E-state index in [0.29, 0.717) is 18.4 Å². The van der Waals surface area contributed by atoms with Gasteiger partial charge in [0, 0.05) is 24.4 Å². The first kappa shape index (κ1) is 17.8. The minimum Gasteiger partial charge on any atom is -0.381 e. The van der Waals surface area contributed by atoms with Crippen LogP contribution in [0.2, 0.25) is 0 Å². The second kappa shape index (κ2) is 7.79. The van der Waals surface area contributed by atoms with Gasteiger partial charge in [-0.3, -0.25) is 4.99 Å². The summed E-state index contributed by atoms with van der Waals surface area (Å²) in [6.07, 6.45) is 1.97. The number of rotatable bonds is 5. The fraction of sp³-hybridized carbons (Fsp3) is 0.611. The fourth-order valence-electron chi connectivity index (χ4n) is 2.89. The summed E-state index contributed by atoms with van der Waals surface area (Å²) in [6.45, 7) is 6.63. The van der Waals surface area contributed by atoms with Gasteiger partial charge in [0.1, 0.15) is 0 Å². The largest absolute Gasteiger partial charge is 0.381 e. The second-order valence-corrected chi connectivity index (χ2v) is 6.84. The van der Waals surface area contributed by atoms with Crippen molar-refractivity contribution in [1.29, 1.82) is 0 Å². The number of hydrogen-bond acceptors (Lipinski definition) is 3. The summed E-state index contributed by atoms with van der Waals surface area (Å²) in [5.74, 6) is 0.966. The van der Waals surface area contributed by atoms with Crippen LogP contribution in [0.15, 0.2) is 29.3 Å². The Bertz CT molecular complexity index is 534. The minimum atomic E-state index is 0.0460. The monoisotopic (exact) mass is 318 g/mol. The number of anilines is 1. The van der Waals surface area contributed by atoms with E-state index in [4.69, 9.17) is 10.5 Å². The molecule has 2 rings (SSSR count). The van der Waals surface area contributed by atoms with Gasteiger partial charge in [-0.1, -0.05) is 26.0 Å². The first-order valence-corrected chi connectivity index (χ1v) is 8.35. The van der Waals surface area contributed by atoms with Crippen LogP contribution in [0.5, 0.6) is 0 Å². The molecule has 0 spiro atoms. The molecule has 1 fully saturated rings. The van der Waals surface area contributed by atoms with Crippen molar-refractivity contribution in [2.75, 3.05) is 39.2 Å². The zero-order valence-corrected chi connectivity index (χ0v) is 14.8. The Morgan fingerprint density at radius 2 is 2.04 bits per heavy atom. The summed E-state index contributed by atoms with van der Waals surface area (Å²) in [7, 11) is 4.22. The lowest BCUT2D eigenvalue weighted by Gasteiger charge is -2.41.